The average Bonchev–Trinajstić information content (AvgIpc) is 3.08. The van der Waals surface area contributed by atoms with Crippen molar-refractivity contribution >= 4 is 23.1 Å². The molecular weight excluding hydrogens is 471 g/mol. The van der Waals surface area contributed by atoms with E-state index in [0.29, 0.717) is 29.9 Å². The number of ether oxygens (including phenoxy) is 1. The fourth-order valence-corrected chi connectivity index (χ4v) is 4.09. The van der Waals surface area contributed by atoms with Crippen LogP contribution in [-0.4, -0.2) is 23.4 Å². The third-order valence-electron chi connectivity index (χ3n) is 5.82. The number of hydrogen-bond acceptors (Lipinski definition) is 4. The van der Waals surface area contributed by atoms with E-state index in [1.54, 1.807) is 25.1 Å². The van der Waals surface area contributed by atoms with Gasteiger partial charge in [-0.2, -0.15) is 0 Å². The third kappa shape index (κ3) is 4.71. The van der Waals surface area contributed by atoms with Crippen molar-refractivity contribution in [1.29, 1.82) is 0 Å². The molecule has 186 valence electrons. The molecule has 0 radical (unpaired) electrons. The highest BCUT2D eigenvalue weighted by atomic mass is 19.1. The number of benzene rings is 3. The molecule has 0 saturated carbocycles. The number of aliphatic hydroxyl groups excluding tert-OH is 1. The Morgan fingerprint density at radius 3 is 2.25 bits per heavy atom. The Balaban J connectivity index is 1.87. The summed E-state index contributed by atoms with van der Waals surface area (Å²) in [6.45, 7) is 6.28. The van der Waals surface area contributed by atoms with Gasteiger partial charge in [-0.3, -0.25) is 14.5 Å². The third-order valence-corrected chi connectivity index (χ3v) is 5.82. The number of rotatable bonds is 6. The summed E-state index contributed by atoms with van der Waals surface area (Å²) in [6, 6.07) is 11.0. The summed E-state index contributed by atoms with van der Waals surface area (Å²) in [5.74, 6) is -4.22. The minimum absolute atomic E-state index is 0.245. The SMILES string of the molecule is Cc1cc(/C(O)=C2\C(=O)C(=O)N(c3ccc(F)cc3F)C2c2ccc(F)cc2)ccc1OCC(C)C. The van der Waals surface area contributed by atoms with Gasteiger partial charge in [0.1, 0.15) is 29.0 Å². The van der Waals surface area contributed by atoms with Crippen LogP contribution >= 0.6 is 0 Å². The number of carbonyl (C=O) groups is 2. The summed E-state index contributed by atoms with van der Waals surface area (Å²) in [6.07, 6.45) is 0. The van der Waals surface area contributed by atoms with Gasteiger partial charge >= 0.3 is 0 Å². The van der Waals surface area contributed by atoms with Gasteiger partial charge in [-0.25, -0.2) is 13.2 Å². The topological polar surface area (TPSA) is 66.8 Å². The molecule has 1 atom stereocenters. The molecule has 3 aromatic carbocycles. The largest absolute Gasteiger partial charge is 0.507 e. The smallest absolute Gasteiger partial charge is 0.300 e. The van der Waals surface area contributed by atoms with Crippen molar-refractivity contribution in [3.63, 3.8) is 0 Å². The fourth-order valence-electron chi connectivity index (χ4n) is 4.09. The van der Waals surface area contributed by atoms with Gasteiger partial charge in [-0.15, -0.1) is 0 Å². The molecule has 1 aliphatic rings. The number of carbonyl (C=O) groups excluding carboxylic acids is 2. The summed E-state index contributed by atoms with van der Waals surface area (Å²) in [5.41, 5.74) is 0.548. The van der Waals surface area contributed by atoms with Crippen LogP contribution in [0.1, 0.15) is 36.6 Å². The van der Waals surface area contributed by atoms with E-state index in [9.17, 15) is 27.9 Å². The Morgan fingerprint density at radius 2 is 1.64 bits per heavy atom. The van der Waals surface area contributed by atoms with E-state index in [-0.39, 0.29) is 22.4 Å². The van der Waals surface area contributed by atoms with Crippen LogP contribution < -0.4 is 9.64 Å². The zero-order chi connectivity index (χ0) is 26.1. The lowest BCUT2D eigenvalue weighted by molar-refractivity contribution is -0.132. The van der Waals surface area contributed by atoms with Gasteiger partial charge in [-0.1, -0.05) is 26.0 Å². The van der Waals surface area contributed by atoms with Crippen LogP contribution in [0.15, 0.2) is 66.2 Å². The zero-order valence-electron chi connectivity index (χ0n) is 19.9. The monoisotopic (exact) mass is 495 g/mol. The number of halogens is 3. The van der Waals surface area contributed by atoms with E-state index in [1.165, 1.54) is 12.1 Å². The van der Waals surface area contributed by atoms with Crippen LogP contribution in [0.4, 0.5) is 18.9 Å². The molecule has 1 fully saturated rings. The molecule has 0 bridgehead atoms. The van der Waals surface area contributed by atoms with Crippen LogP contribution in [-0.2, 0) is 9.59 Å². The van der Waals surface area contributed by atoms with Crippen molar-refractivity contribution < 1.29 is 32.6 Å². The Morgan fingerprint density at radius 1 is 0.972 bits per heavy atom. The molecule has 1 unspecified atom stereocenters. The normalized spacial score (nSPS) is 17.2. The molecule has 4 rings (SSSR count). The van der Waals surface area contributed by atoms with Gasteiger partial charge in [0.05, 0.1) is 23.9 Å². The number of aliphatic hydroxyl groups is 1. The molecule has 1 N–H and O–H groups in total. The lowest BCUT2D eigenvalue weighted by Gasteiger charge is -2.25. The zero-order valence-corrected chi connectivity index (χ0v) is 19.9. The highest BCUT2D eigenvalue weighted by molar-refractivity contribution is 6.51. The molecule has 0 aliphatic carbocycles. The molecule has 5 nitrogen and oxygen atoms in total. The van der Waals surface area contributed by atoms with Gasteiger partial charge in [-0.05, 0) is 66.4 Å². The maximum atomic E-state index is 14.7. The fraction of sp³-hybridized carbons (Fsp3) is 0.214. The summed E-state index contributed by atoms with van der Waals surface area (Å²) in [7, 11) is 0. The van der Waals surface area contributed by atoms with E-state index < -0.39 is 40.9 Å². The van der Waals surface area contributed by atoms with Crippen LogP contribution in [0.25, 0.3) is 5.76 Å². The summed E-state index contributed by atoms with van der Waals surface area (Å²) >= 11 is 0. The minimum Gasteiger partial charge on any atom is -0.507 e. The van der Waals surface area contributed by atoms with Crippen LogP contribution in [0, 0.1) is 30.3 Å². The van der Waals surface area contributed by atoms with Crippen LogP contribution in [0.2, 0.25) is 0 Å². The Hall–Kier alpha value is -4.07. The number of aryl methyl sites for hydroxylation is 1. The van der Waals surface area contributed by atoms with Crippen LogP contribution in [0.5, 0.6) is 5.75 Å². The number of Topliss-reactive ketones (excluding diaryl/α,β-unsaturated/α-hetero) is 1. The summed E-state index contributed by atoms with van der Waals surface area (Å²) in [5, 5.41) is 11.2. The lowest BCUT2D eigenvalue weighted by atomic mass is 9.94. The first kappa shape index (κ1) is 25.0. The number of ketones is 1. The summed E-state index contributed by atoms with van der Waals surface area (Å²) < 4.78 is 47.7. The predicted octanol–water partition coefficient (Wildman–Crippen LogP) is 6.07. The van der Waals surface area contributed by atoms with E-state index in [1.807, 2.05) is 13.8 Å². The Bertz CT molecular complexity index is 1370. The highest BCUT2D eigenvalue weighted by Crippen LogP contribution is 2.43. The van der Waals surface area contributed by atoms with Crippen molar-refractivity contribution in [3.05, 3.63) is 100 Å². The second-order valence-corrected chi connectivity index (χ2v) is 9.00. The second-order valence-electron chi connectivity index (χ2n) is 9.00. The average molecular weight is 495 g/mol. The molecule has 0 spiro atoms. The number of anilines is 1. The van der Waals surface area contributed by atoms with Crippen molar-refractivity contribution in [3.8, 4) is 5.75 Å². The maximum Gasteiger partial charge on any atom is 0.300 e. The first-order valence-electron chi connectivity index (χ1n) is 11.3. The van der Waals surface area contributed by atoms with Gasteiger partial charge in [0.15, 0.2) is 0 Å². The molecular formula is C28H24F3NO4. The first-order valence-corrected chi connectivity index (χ1v) is 11.3. The highest BCUT2D eigenvalue weighted by Gasteiger charge is 2.47. The van der Waals surface area contributed by atoms with E-state index in [0.717, 1.165) is 29.2 Å². The van der Waals surface area contributed by atoms with E-state index in [2.05, 4.69) is 0 Å². The van der Waals surface area contributed by atoms with Gasteiger partial charge in [0.2, 0.25) is 0 Å². The molecule has 1 aliphatic heterocycles. The van der Waals surface area contributed by atoms with Gasteiger partial charge in [0.25, 0.3) is 11.7 Å². The standard InChI is InChI=1S/C28H24F3NO4/c1-15(2)14-36-23-11-6-18(12-16(23)3)26(33)24-25(17-4-7-19(29)8-5-17)32(28(35)27(24)34)22-10-9-20(30)13-21(22)31/h4-13,15,25,33H,14H2,1-3H3/b26-24+. The molecule has 1 amide bonds. The quantitative estimate of drug-likeness (QED) is 0.256. The molecule has 3 aromatic rings. The Labute approximate surface area is 206 Å². The number of hydrogen-bond donors (Lipinski definition) is 1. The van der Waals surface area contributed by atoms with Crippen molar-refractivity contribution in [1.82, 2.24) is 0 Å². The molecule has 36 heavy (non-hydrogen) atoms. The van der Waals surface area contributed by atoms with E-state index in [4.69, 9.17) is 4.74 Å². The van der Waals surface area contributed by atoms with Crippen LogP contribution in [0.3, 0.4) is 0 Å². The molecule has 0 aromatic heterocycles. The van der Waals surface area contributed by atoms with Crippen molar-refractivity contribution in [2.75, 3.05) is 11.5 Å². The number of amides is 1. The van der Waals surface area contributed by atoms with Crippen molar-refractivity contribution in [2.45, 2.75) is 26.8 Å². The lowest BCUT2D eigenvalue weighted by Crippen LogP contribution is -2.30. The summed E-state index contributed by atoms with van der Waals surface area (Å²) in [4.78, 5) is 27.1. The maximum absolute atomic E-state index is 14.7. The van der Waals surface area contributed by atoms with Crippen molar-refractivity contribution in [2.24, 2.45) is 5.92 Å². The molecule has 8 heteroatoms. The number of nitrogens with zero attached hydrogens (tertiary/aromatic N) is 1. The Kier molecular flexibility index (Phi) is 6.88. The second kappa shape index (κ2) is 9.89. The predicted molar refractivity (Wildman–Crippen MR) is 129 cm³/mol. The minimum atomic E-state index is -1.28. The first-order chi connectivity index (χ1) is 17.1. The molecule has 1 heterocycles. The molecule has 1 saturated heterocycles. The van der Waals surface area contributed by atoms with Gasteiger partial charge < -0.3 is 9.84 Å². The van der Waals surface area contributed by atoms with E-state index >= 15 is 0 Å². The van der Waals surface area contributed by atoms with Gasteiger partial charge in [0, 0.05) is 11.6 Å².